The lowest BCUT2D eigenvalue weighted by molar-refractivity contribution is -0.133. The minimum Gasteiger partial charge on any atom is -0.332 e. The van der Waals surface area contributed by atoms with Gasteiger partial charge in [-0.3, -0.25) is 4.79 Å². The van der Waals surface area contributed by atoms with Crippen LogP contribution < -0.4 is 0 Å². The molecule has 0 saturated carbocycles. The van der Waals surface area contributed by atoms with Gasteiger partial charge in [0.25, 0.3) is 0 Å². The fourth-order valence-electron chi connectivity index (χ4n) is 3.08. The Hall–Kier alpha value is -2.77. The van der Waals surface area contributed by atoms with Gasteiger partial charge in [-0.05, 0) is 12.1 Å². The zero-order chi connectivity index (χ0) is 16.7. The normalized spacial score (nSPS) is 14.4. The van der Waals surface area contributed by atoms with Crippen LogP contribution in [0.1, 0.15) is 31.4 Å². The molecule has 0 fully saturated rings. The summed E-state index contributed by atoms with van der Waals surface area (Å²) in [5.41, 5.74) is 1.67. The number of amides is 1. The van der Waals surface area contributed by atoms with Gasteiger partial charge in [-0.2, -0.15) is 0 Å². The second-order valence-electron chi connectivity index (χ2n) is 6.33. The van der Waals surface area contributed by atoms with E-state index in [4.69, 9.17) is 0 Å². The molecule has 0 N–H and O–H groups in total. The lowest BCUT2D eigenvalue weighted by atomic mass is 10.2. The molecule has 0 bridgehead atoms. The first-order chi connectivity index (χ1) is 11.6. The minimum atomic E-state index is 0.0194. The molecule has 24 heavy (non-hydrogen) atoms. The van der Waals surface area contributed by atoms with Gasteiger partial charge < -0.3 is 9.47 Å². The smallest absolute Gasteiger partial charge is 0.244 e. The molecule has 4 rings (SSSR count). The van der Waals surface area contributed by atoms with Crippen LogP contribution in [-0.4, -0.2) is 47.1 Å². The third-order valence-electron chi connectivity index (χ3n) is 4.36. The van der Waals surface area contributed by atoms with E-state index >= 15 is 0 Å². The highest BCUT2D eigenvalue weighted by atomic mass is 16.2. The molecular weight excluding hydrogens is 306 g/mol. The van der Waals surface area contributed by atoms with Crippen molar-refractivity contribution in [2.24, 2.45) is 0 Å². The Labute approximate surface area is 139 Å². The molecule has 1 aromatic carbocycles. The highest BCUT2D eigenvalue weighted by Crippen LogP contribution is 2.19. The van der Waals surface area contributed by atoms with Gasteiger partial charge in [0.15, 0.2) is 5.82 Å². The maximum atomic E-state index is 12.6. The molecule has 0 radical (unpaired) electrons. The standard InChI is InChI=1S/C16H19N7O/c1-11(2)16-19-18-14-9-21(7-8-22(14)16)15(24)10-23-13-6-4-3-5-12(13)17-20-23/h3-6,11H,7-10H2,1-2H3. The third kappa shape index (κ3) is 2.44. The van der Waals surface area contributed by atoms with Crippen LogP contribution in [0, 0.1) is 0 Å². The molecule has 3 heterocycles. The Kier molecular flexibility index (Phi) is 3.51. The maximum absolute atomic E-state index is 12.6. The summed E-state index contributed by atoms with van der Waals surface area (Å²) in [4.78, 5) is 14.4. The van der Waals surface area contributed by atoms with E-state index in [0.717, 1.165) is 29.2 Å². The summed E-state index contributed by atoms with van der Waals surface area (Å²) in [5, 5.41) is 16.7. The number of hydrogen-bond donors (Lipinski definition) is 0. The molecule has 124 valence electrons. The van der Waals surface area contributed by atoms with E-state index in [1.165, 1.54) is 0 Å². The van der Waals surface area contributed by atoms with Gasteiger partial charge in [0, 0.05) is 19.0 Å². The molecular formula is C16H19N7O. The SMILES string of the molecule is CC(C)c1nnc2n1CCN(C(=O)Cn1nnc3ccccc31)C2. The Morgan fingerprint density at radius 1 is 1.17 bits per heavy atom. The fraction of sp³-hybridized carbons (Fsp3) is 0.438. The highest BCUT2D eigenvalue weighted by Gasteiger charge is 2.25. The fourth-order valence-corrected chi connectivity index (χ4v) is 3.08. The molecule has 0 aliphatic carbocycles. The lowest BCUT2D eigenvalue weighted by Gasteiger charge is -2.28. The predicted octanol–water partition coefficient (Wildman–Crippen LogP) is 1.19. The quantitative estimate of drug-likeness (QED) is 0.722. The third-order valence-corrected chi connectivity index (χ3v) is 4.36. The highest BCUT2D eigenvalue weighted by molar-refractivity contribution is 5.79. The number of carbonyl (C=O) groups excluding carboxylic acids is 1. The summed E-state index contributed by atoms with van der Waals surface area (Å²) in [7, 11) is 0. The number of carbonyl (C=O) groups is 1. The summed E-state index contributed by atoms with van der Waals surface area (Å²) in [6.45, 7) is 6.28. The molecule has 0 saturated heterocycles. The number of hydrogen-bond acceptors (Lipinski definition) is 5. The molecule has 0 unspecified atom stereocenters. The molecule has 1 amide bonds. The van der Waals surface area contributed by atoms with Crippen molar-refractivity contribution in [1.29, 1.82) is 0 Å². The predicted molar refractivity (Wildman–Crippen MR) is 87.1 cm³/mol. The van der Waals surface area contributed by atoms with Crippen LogP contribution in [0.4, 0.5) is 0 Å². The summed E-state index contributed by atoms with van der Waals surface area (Å²) < 4.78 is 3.77. The number of fused-ring (bicyclic) bond motifs is 2. The molecule has 1 aliphatic heterocycles. The van der Waals surface area contributed by atoms with Crippen molar-refractivity contribution in [3.8, 4) is 0 Å². The van der Waals surface area contributed by atoms with Gasteiger partial charge in [-0.25, -0.2) is 4.68 Å². The molecule has 3 aromatic rings. The number of para-hydroxylation sites is 1. The van der Waals surface area contributed by atoms with Crippen LogP contribution in [0.25, 0.3) is 11.0 Å². The van der Waals surface area contributed by atoms with Crippen molar-refractivity contribution < 1.29 is 4.79 Å². The molecule has 8 heteroatoms. The van der Waals surface area contributed by atoms with Crippen molar-refractivity contribution in [2.75, 3.05) is 6.54 Å². The van der Waals surface area contributed by atoms with E-state index in [0.29, 0.717) is 19.0 Å². The lowest BCUT2D eigenvalue weighted by Crippen LogP contribution is -2.40. The summed E-state index contributed by atoms with van der Waals surface area (Å²) in [6.07, 6.45) is 0. The van der Waals surface area contributed by atoms with E-state index < -0.39 is 0 Å². The summed E-state index contributed by atoms with van der Waals surface area (Å²) in [6, 6.07) is 7.64. The number of aromatic nitrogens is 6. The van der Waals surface area contributed by atoms with Crippen LogP contribution >= 0.6 is 0 Å². The van der Waals surface area contributed by atoms with Gasteiger partial charge in [0.05, 0.1) is 12.1 Å². The van der Waals surface area contributed by atoms with Crippen molar-refractivity contribution in [2.45, 2.75) is 39.4 Å². The molecule has 1 aliphatic rings. The minimum absolute atomic E-state index is 0.0194. The second-order valence-corrected chi connectivity index (χ2v) is 6.33. The molecule has 0 spiro atoms. The van der Waals surface area contributed by atoms with Crippen molar-refractivity contribution in [3.63, 3.8) is 0 Å². The van der Waals surface area contributed by atoms with Crippen LogP contribution in [0.15, 0.2) is 24.3 Å². The number of rotatable bonds is 3. The Morgan fingerprint density at radius 3 is 2.83 bits per heavy atom. The van der Waals surface area contributed by atoms with Crippen LogP contribution in [0.2, 0.25) is 0 Å². The second kappa shape index (κ2) is 5.70. The first kappa shape index (κ1) is 14.8. The van der Waals surface area contributed by atoms with E-state index in [1.54, 1.807) is 4.68 Å². The van der Waals surface area contributed by atoms with Crippen LogP contribution in [0.5, 0.6) is 0 Å². The Balaban J connectivity index is 1.51. The molecule has 0 atom stereocenters. The largest absolute Gasteiger partial charge is 0.332 e. The monoisotopic (exact) mass is 325 g/mol. The maximum Gasteiger partial charge on any atom is 0.244 e. The van der Waals surface area contributed by atoms with Crippen molar-refractivity contribution in [3.05, 3.63) is 35.9 Å². The van der Waals surface area contributed by atoms with Crippen LogP contribution in [-0.2, 0) is 24.4 Å². The Bertz CT molecular complexity index is 895. The van der Waals surface area contributed by atoms with Crippen molar-refractivity contribution >= 4 is 16.9 Å². The number of benzene rings is 1. The first-order valence-corrected chi connectivity index (χ1v) is 8.11. The van der Waals surface area contributed by atoms with E-state index in [2.05, 4.69) is 38.9 Å². The summed E-state index contributed by atoms with van der Waals surface area (Å²) in [5.74, 6) is 2.18. The molecule has 8 nitrogen and oxygen atoms in total. The first-order valence-electron chi connectivity index (χ1n) is 8.11. The van der Waals surface area contributed by atoms with E-state index in [1.807, 2.05) is 29.2 Å². The zero-order valence-electron chi connectivity index (χ0n) is 13.8. The number of nitrogens with zero attached hydrogens (tertiary/aromatic N) is 7. The summed E-state index contributed by atoms with van der Waals surface area (Å²) >= 11 is 0. The van der Waals surface area contributed by atoms with Gasteiger partial charge in [-0.1, -0.05) is 31.2 Å². The van der Waals surface area contributed by atoms with Gasteiger partial charge in [0.1, 0.15) is 17.9 Å². The topological polar surface area (TPSA) is 81.7 Å². The average molecular weight is 325 g/mol. The average Bonchev–Trinajstić information content (AvgIpc) is 3.18. The Morgan fingerprint density at radius 2 is 2.00 bits per heavy atom. The molecule has 2 aromatic heterocycles. The van der Waals surface area contributed by atoms with Gasteiger partial charge in [-0.15, -0.1) is 15.3 Å². The van der Waals surface area contributed by atoms with Gasteiger partial charge in [0.2, 0.25) is 5.91 Å². The zero-order valence-corrected chi connectivity index (χ0v) is 13.8. The van der Waals surface area contributed by atoms with E-state index in [-0.39, 0.29) is 12.5 Å². The van der Waals surface area contributed by atoms with Crippen molar-refractivity contribution in [1.82, 2.24) is 34.7 Å². The van der Waals surface area contributed by atoms with Gasteiger partial charge >= 0.3 is 0 Å². The van der Waals surface area contributed by atoms with E-state index in [9.17, 15) is 4.79 Å². The van der Waals surface area contributed by atoms with Crippen LogP contribution in [0.3, 0.4) is 0 Å².